The van der Waals surface area contributed by atoms with E-state index in [4.69, 9.17) is 0 Å². The number of aromatic nitrogens is 2. The molecular formula is C14H12N2O2S. The fourth-order valence-electron chi connectivity index (χ4n) is 2.23. The fourth-order valence-corrected chi connectivity index (χ4v) is 3.25. The van der Waals surface area contributed by atoms with Crippen molar-refractivity contribution in [3.8, 4) is 0 Å². The number of Topliss-reactive ketones (excluding diaryl/α,β-unsaturated/α-hetero) is 1. The van der Waals surface area contributed by atoms with Crippen molar-refractivity contribution in [1.82, 2.24) is 9.97 Å². The number of nitrogens with zero attached hydrogens (tertiary/aromatic N) is 1. The van der Waals surface area contributed by atoms with Gasteiger partial charge in [-0.2, -0.15) is 0 Å². The third kappa shape index (κ3) is 2.46. The molecule has 19 heavy (non-hydrogen) atoms. The lowest BCUT2D eigenvalue weighted by molar-refractivity contribution is 0.0979. The highest BCUT2D eigenvalue weighted by Gasteiger charge is 2.28. The summed E-state index contributed by atoms with van der Waals surface area (Å²) in [5, 5.41) is 0.339. The van der Waals surface area contributed by atoms with E-state index in [-0.39, 0.29) is 16.6 Å². The minimum atomic E-state index is -0.193. The molecule has 1 heterocycles. The van der Waals surface area contributed by atoms with Crippen LogP contribution < -0.4 is 5.56 Å². The highest BCUT2D eigenvalue weighted by atomic mass is 32.2. The number of carbonyl (C=O) groups excluding carboxylic acids is 1. The Balaban J connectivity index is 1.85. The number of H-pyrrole nitrogens is 1. The quantitative estimate of drug-likeness (QED) is 0.850. The molecule has 1 aromatic carbocycles. The van der Waals surface area contributed by atoms with Gasteiger partial charge in [0, 0.05) is 17.8 Å². The number of hydrogen-bond donors (Lipinski definition) is 1. The topological polar surface area (TPSA) is 62.8 Å². The van der Waals surface area contributed by atoms with Gasteiger partial charge in [-0.1, -0.05) is 36.0 Å². The van der Waals surface area contributed by atoms with Crippen LogP contribution in [0.5, 0.6) is 0 Å². The van der Waals surface area contributed by atoms with Crippen LogP contribution in [0.2, 0.25) is 0 Å². The van der Waals surface area contributed by atoms with E-state index < -0.39 is 0 Å². The second-order valence-corrected chi connectivity index (χ2v) is 5.60. The van der Waals surface area contributed by atoms with Crippen LogP contribution in [0.3, 0.4) is 0 Å². The molecule has 0 saturated carbocycles. The zero-order valence-corrected chi connectivity index (χ0v) is 10.9. The zero-order valence-electron chi connectivity index (χ0n) is 10.1. The molecule has 4 nitrogen and oxygen atoms in total. The summed E-state index contributed by atoms with van der Waals surface area (Å²) in [6.07, 6.45) is 3.12. The molecule has 0 amide bonds. The minimum Gasteiger partial charge on any atom is -0.301 e. The van der Waals surface area contributed by atoms with E-state index in [1.165, 1.54) is 24.0 Å². The second kappa shape index (κ2) is 5.01. The SMILES string of the molecule is O=C1c2ccccc2CC[C@H]1Sc1nccc(=O)[nH]1. The Morgan fingerprint density at radius 2 is 2.05 bits per heavy atom. The molecule has 0 spiro atoms. The molecule has 0 bridgehead atoms. The molecular weight excluding hydrogens is 260 g/mol. The lowest BCUT2D eigenvalue weighted by atomic mass is 9.90. The summed E-state index contributed by atoms with van der Waals surface area (Å²) in [7, 11) is 0. The molecule has 1 aliphatic carbocycles. The van der Waals surface area contributed by atoms with Crippen molar-refractivity contribution in [1.29, 1.82) is 0 Å². The second-order valence-electron chi connectivity index (χ2n) is 4.41. The molecule has 1 aliphatic rings. The van der Waals surface area contributed by atoms with Gasteiger partial charge in [0.25, 0.3) is 5.56 Å². The van der Waals surface area contributed by atoms with Crippen molar-refractivity contribution in [3.63, 3.8) is 0 Å². The summed E-state index contributed by atoms with van der Waals surface area (Å²) in [6.45, 7) is 0. The first kappa shape index (κ1) is 12.2. The molecule has 5 heteroatoms. The fraction of sp³-hybridized carbons (Fsp3) is 0.214. The number of aromatic amines is 1. The summed E-state index contributed by atoms with van der Waals surface area (Å²) >= 11 is 1.33. The van der Waals surface area contributed by atoms with Crippen LogP contribution in [0.25, 0.3) is 0 Å². The highest BCUT2D eigenvalue weighted by Crippen LogP contribution is 2.31. The van der Waals surface area contributed by atoms with E-state index in [1.807, 2.05) is 24.3 Å². The maximum absolute atomic E-state index is 12.4. The minimum absolute atomic E-state index is 0.123. The maximum Gasteiger partial charge on any atom is 0.251 e. The Hall–Kier alpha value is -1.88. The Bertz CT molecular complexity index is 681. The Morgan fingerprint density at radius 1 is 1.21 bits per heavy atom. The summed E-state index contributed by atoms with van der Waals surface area (Å²) < 4.78 is 0. The number of rotatable bonds is 2. The van der Waals surface area contributed by atoms with E-state index in [2.05, 4.69) is 9.97 Å². The van der Waals surface area contributed by atoms with Crippen molar-refractivity contribution < 1.29 is 4.79 Å². The average Bonchev–Trinajstić information content (AvgIpc) is 2.42. The van der Waals surface area contributed by atoms with Gasteiger partial charge >= 0.3 is 0 Å². The van der Waals surface area contributed by atoms with Crippen LogP contribution in [-0.4, -0.2) is 21.0 Å². The van der Waals surface area contributed by atoms with Gasteiger partial charge in [-0.25, -0.2) is 4.98 Å². The number of benzene rings is 1. The van der Waals surface area contributed by atoms with Gasteiger partial charge in [0.2, 0.25) is 0 Å². The average molecular weight is 272 g/mol. The molecule has 1 N–H and O–H groups in total. The molecule has 2 aromatic rings. The molecule has 0 saturated heterocycles. The van der Waals surface area contributed by atoms with Gasteiger partial charge in [0.1, 0.15) is 0 Å². The molecule has 1 aromatic heterocycles. The zero-order chi connectivity index (χ0) is 13.2. The molecule has 0 unspecified atom stereocenters. The highest BCUT2D eigenvalue weighted by molar-refractivity contribution is 8.00. The number of aryl methyl sites for hydroxylation is 1. The predicted molar refractivity (Wildman–Crippen MR) is 73.6 cm³/mol. The number of nitrogens with one attached hydrogen (secondary N) is 1. The third-order valence-electron chi connectivity index (χ3n) is 3.15. The van der Waals surface area contributed by atoms with Crippen molar-refractivity contribution in [2.24, 2.45) is 0 Å². The molecule has 96 valence electrons. The van der Waals surface area contributed by atoms with Gasteiger partial charge in [-0.05, 0) is 18.4 Å². The maximum atomic E-state index is 12.4. The van der Waals surface area contributed by atoms with E-state index in [9.17, 15) is 9.59 Å². The van der Waals surface area contributed by atoms with E-state index >= 15 is 0 Å². The largest absolute Gasteiger partial charge is 0.301 e. The predicted octanol–water partition coefficient (Wildman–Crippen LogP) is 2.06. The van der Waals surface area contributed by atoms with Crippen molar-refractivity contribution in [3.05, 3.63) is 58.0 Å². The number of carbonyl (C=O) groups is 1. The number of ketones is 1. The van der Waals surface area contributed by atoms with Crippen LogP contribution in [0.15, 0.2) is 46.5 Å². The van der Waals surface area contributed by atoms with Crippen molar-refractivity contribution in [2.45, 2.75) is 23.2 Å². The van der Waals surface area contributed by atoms with Gasteiger partial charge in [-0.15, -0.1) is 0 Å². The van der Waals surface area contributed by atoms with Gasteiger partial charge in [0.05, 0.1) is 5.25 Å². The lowest BCUT2D eigenvalue weighted by Crippen LogP contribution is -2.25. The normalized spacial score (nSPS) is 18.1. The number of thioether (sulfide) groups is 1. The summed E-state index contributed by atoms with van der Waals surface area (Å²) in [5.74, 6) is 0.123. The van der Waals surface area contributed by atoms with Crippen molar-refractivity contribution >= 4 is 17.5 Å². The van der Waals surface area contributed by atoms with Crippen LogP contribution in [0, 0.1) is 0 Å². The first-order valence-electron chi connectivity index (χ1n) is 6.08. The van der Waals surface area contributed by atoms with Crippen LogP contribution in [0.4, 0.5) is 0 Å². The van der Waals surface area contributed by atoms with E-state index in [0.717, 1.165) is 24.0 Å². The summed E-state index contributed by atoms with van der Waals surface area (Å²) in [5.41, 5.74) is 1.71. The van der Waals surface area contributed by atoms with Crippen LogP contribution >= 0.6 is 11.8 Å². The van der Waals surface area contributed by atoms with Gasteiger partial charge in [0.15, 0.2) is 10.9 Å². The first-order chi connectivity index (χ1) is 9.24. The molecule has 3 rings (SSSR count). The molecule has 0 fully saturated rings. The van der Waals surface area contributed by atoms with Gasteiger partial charge in [-0.3, -0.25) is 9.59 Å². The van der Waals surface area contributed by atoms with Gasteiger partial charge < -0.3 is 4.98 Å². The standard InChI is InChI=1S/C14H12N2O2S/c17-12-7-8-15-14(16-12)19-11-6-5-9-3-1-2-4-10(9)13(11)18/h1-4,7-8,11H,5-6H2,(H,15,16,17)/t11-/m1/s1. The van der Waals surface area contributed by atoms with Crippen LogP contribution in [0.1, 0.15) is 22.3 Å². The summed E-state index contributed by atoms with van der Waals surface area (Å²) in [4.78, 5) is 30.3. The monoisotopic (exact) mass is 272 g/mol. The van der Waals surface area contributed by atoms with Crippen molar-refractivity contribution in [2.75, 3.05) is 0 Å². The lowest BCUT2D eigenvalue weighted by Gasteiger charge is -2.22. The number of fused-ring (bicyclic) bond motifs is 1. The Kier molecular flexibility index (Phi) is 3.21. The molecule has 0 radical (unpaired) electrons. The van der Waals surface area contributed by atoms with Crippen LogP contribution in [-0.2, 0) is 6.42 Å². The molecule has 0 aliphatic heterocycles. The summed E-state index contributed by atoms with van der Waals surface area (Å²) in [6, 6.07) is 9.06. The Labute approximate surface area is 114 Å². The smallest absolute Gasteiger partial charge is 0.251 e. The Morgan fingerprint density at radius 3 is 2.89 bits per heavy atom. The van der Waals surface area contributed by atoms with E-state index in [0.29, 0.717) is 5.16 Å². The first-order valence-corrected chi connectivity index (χ1v) is 6.96. The third-order valence-corrected chi connectivity index (χ3v) is 4.32. The molecule has 1 atom stereocenters. The van der Waals surface area contributed by atoms with E-state index in [1.54, 1.807) is 0 Å². The number of hydrogen-bond acceptors (Lipinski definition) is 4.